The van der Waals surface area contributed by atoms with E-state index in [1.165, 1.54) is 38.5 Å². The zero-order valence-corrected chi connectivity index (χ0v) is 10.4. The molecule has 0 radical (unpaired) electrons. The Hall–Kier alpha value is -0.990. The van der Waals surface area contributed by atoms with Gasteiger partial charge in [0.05, 0.1) is 0 Å². The molecule has 3 saturated carbocycles. The molecule has 2 unspecified atom stereocenters. The van der Waals surface area contributed by atoms with Crippen LogP contribution in [0.2, 0.25) is 0 Å². The fraction of sp³-hybridized carbons (Fsp3) is 0.786. The SMILES string of the molecule is CC1CCC(/C=C/C2CC2)C12CC2.O=C(O)O. The smallest absolute Gasteiger partial charge is 0.450 e. The third-order valence-electron chi connectivity index (χ3n) is 4.70. The van der Waals surface area contributed by atoms with Crippen molar-refractivity contribution in [2.24, 2.45) is 23.2 Å². The van der Waals surface area contributed by atoms with E-state index in [1.54, 1.807) is 0 Å². The molecule has 0 amide bonds. The van der Waals surface area contributed by atoms with E-state index in [1.807, 2.05) is 0 Å². The van der Waals surface area contributed by atoms with Crippen molar-refractivity contribution in [3.8, 4) is 0 Å². The first-order valence-electron chi connectivity index (χ1n) is 6.65. The second-order valence-corrected chi connectivity index (χ2v) is 5.82. The van der Waals surface area contributed by atoms with Crippen LogP contribution in [0, 0.1) is 23.2 Å². The van der Waals surface area contributed by atoms with E-state index < -0.39 is 6.16 Å². The van der Waals surface area contributed by atoms with Crippen molar-refractivity contribution >= 4 is 6.16 Å². The van der Waals surface area contributed by atoms with E-state index >= 15 is 0 Å². The molecule has 0 saturated heterocycles. The van der Waals surface area contributed by atoms with Crippen molar-refractivity contribution in [1.29, 1.82) is 0 Å². The molecule has 1 spiro atoms. The van der Waals surface area contributed by atoms with E-state index in [9.17, 15) is 0 Å². The largest absolute Gasteiger partial charge is 0.503 e. The minimum Gasteiger partial charge on any atom is -0.450 e. The third-order valence-corrected chi connectivity index (χ3v) is 4.70. The standard InChI is InChI=1S/C13H20.CH2O3/c1-10-2-6-12(13(10)8-9-13)7-5-11-3-4-11;2-1(3)4/h5,7,10-12H,2-4,6,8-9H2,1H3;(H2,2,3,4)/b7-5+;. The van der Waals surface area contributed by atoms with Gasteiger partial charge in [0.1, 0.15) is 0 Å². The van der Waals surface area contributed by atoms with Crippen molar-refractivity contribution in [1.82, 2.24) is 0 Å². The quantitative estimate of drug-likeness (QED) is 0.715. The van der Waals surface area contributed by atoms with Crippen LogP contribution in [-0.4, -0.2) is 16.4 Å². The molecule has 96 valence electrons. The summed E-state index contributed by atoms with van der Waals surface area (Å²) < 4.78 is 0. The van der Waals surface area contributed by atoms with Crippen molar-refractivity contribution in [2.75, 3.05) is 0 Å². The number of carboxylic acid groups (broad SMARTS) is 2. The Labute approximate surface area is 103 Å². The maximum absolute atomic E-state index is 8.56. The van der Waals surface area contributed by atoms with Gasteiger partial charge in [0.25, 0.3) is 0 Å². The minimum absolute atomic E-state index is 0.797. The molecule has 3 heteroatoms. The second kappa shape index (κ2) is 4.71. The molecular weight excluding hydrogens is 216 g/mol. The van der Waals surface area contributed by atoms with Crippen LogP contribution in [0.15, 0.2) is 12.2 Å². The summed E-state index contributed by atoms with van der Waals surface area (Å²) in [5.41, 5.74) is 0.797. The van der Waals surface area contributed by atoms with Gasteiger partial charge in [0.15, 0.2) is 0 Å². The fourth-order valence-corrected chi connectivity index (χ4v) is 3.25. The van der Waals surface area contributed by atoms with Gasteiger partial charge in [-0.2, -0.15) is 0 Å². The highest BCUT2D eigenvalue weighted by Gasteiger charge is 2.55. The molecule has 2 atom stereocenters. The molecule has 0 aromatic rings. The first-order valence-corrected chi connectivity index (χ1v) is 6.65. The molecule has 0 aliphatic heterocycles. The topological polar surface area (TPSA) is 57.5 Å². The summed E-state index contributed by atoms with van der Waals surface area (Å²) in [5, 5.41) is 13.9. The molecule has 0 aromatic heterocycles. The van der Waals surface area contributed by atoms with Crippen molar-refractivity contribution in [2.45, 2.75) is 45.4 Å². The molecule has 0 bridgehead atoms. The summed E-state index contributed by atoms with van der Waals surface area (Å²) in [6.45, 7) is 2.47. The maximum Gasteiger partial charge on any atom is 0.503 e. The Kier molecular flexibility index (Phi) is 3.45. The average molecular weight is 238 g/mol. The average Bonchev–Trinajstić information content (AvgIpc) is 3.10. The number of allylic oxidation sites excluding steroid dienone is 2. The lowest BCUT2D eigenvalue weighted by Gasteiger charge is -2.18. The van der Waals surface area contributed by atoms with Crippen LogP contribution in [-0.2, 0) is 0 Å². The lowest BCUT2D eigenvalue weighted by Crippen LogP contribution is -2.11. The summed E-state index contributed by atoms with van der Waals surface area (Å²) in [5.74, 6) is 2.95. The van der Waals surface area contributed by atoms with Crippen LogP contribution < -0.4 is 0 Å². The Bertz CT molecular complexity index is 309. The van der Waals surface area contributed by atoms with E-state index in [-0.39, 0.29) is 0 Å². The summed E-state index contributed by atoms with van der Waals surface area (Å²) in [7, 11) is 0. The Morgan fingerprint density at radius 1 is 1.12 bits per heavy atom. The van der Waals surface area contributed by atoms with Crippen molar-refractivity contribution < 1.29 is 15.0 Å². The number of hydrogen-bond donors (Lipinski definition) is 2. The molecule has 3 fully saturated rings. The second-order valence-electron chi connectivity index (χ2n) is 5.82. The molecule has 3 rings (SSSR count). The van der Waals surface area contributed by atoms with Gasteiger partial charge in [-0.3, -0.25) is 0 Å². The van der Waals surface area contributed by atoms with Gasteiger partial charge in [0.2, 0.25) is 0 Å². The van der Waals surface area contributed by atoms with Gasteiger partial charge in [-0.05, 0) is 61.7 Å². The molecule has 2 N–H and O–H groups in total. The van der Waals surface area contributed by atoms with Crippen molar-refractivity contribution in [3.05, 3.63) is 12.2 Å². The first-order chi connectivity index (χ1) is 8.04. The number of hydrogen-bond acceptors (Lipinski definition) is 1. The summed E-state index contributed by atoms with van der Waals surface area (Å²) in [6.07, 6.45) is 12.2. The summed E-state index contributed by atoms with van der Waals surface area (Å²) in [4.78, 5) is 8.56. The van der Waals surface area contributed by atoms with Crippen LogP contribution in [0.25, 0.3) is 0 Å². The van der Waals surface area contributed by atoms with Crippen LogP contribution in [0.5, 0.6) is 0 Å². The molecular formula is C14H22O3. The molecule has 3 aliphatic carbocycles. The minimum atomic E-state index is -1.83. The predicted octanol–water partition coefficient (Wildman–Crippen LogP) is 4.00. The lowest BCUT2D eigenvalue weighted by atomic mass is 9.86. The zero-order chi connectivity index (χ0) is 12.5. The van der Waals surface area contributed by atoms with Gasteiger partial charge >= 0.3 is 6.16 Å². The van der Waals surface area contributed by atoms with Gasteiger partial charge in [-0.1, -0.05) is 19.1 Å². The highest BCUT2D eigenvalue weighted by molar-refractivity contribution is 5.53. The van der Waals surface area contributed by atoms with Gasteiger partial charge in [0, 0.05) is 0 Å². The fourth-order valence-electron chi connectivity index (χ4n) is 3.25. The van der Waals surface area contributed by atoms with Gasteiger partial charge < -0.3 is 10.2 Å². The number of rotatable bonds is 2. The van der Waals surface area contributed by atoms with E-state index in [0.717, 1.165) is 23.2 Å². The molecule has 3 aliphatic rings. The van der Waals surface area contributed by atoms with Crippen LogP contribution in [0.4, 0.5) is 4.79 Å². The van der Waals surface area contributed by atoms with Crippen LogP contribution in [0.1, 0.15) is 45.4 Å². The summed E-state index contributed by atoms with van der Waals surface area (Å²) in [6, 6.07) is 0. The number of carbonyl (C=O) groups is 1. The maximum atomic E-state index is 8.56. The Balaban J connectivity index is 0.000000239. The lowest BCUT2D eigenvalue weighted by molar-refractivity contribution is 0.137. The first kappa shape index (κ1) is 12.5. The summed E-state index contributed by atoms with van der Waals surface area (Å²) >= 11 is 0. The normalized spacial score (nSPS) is 33.5. The highest BCUT2D eigenvalue weighted by Crippen LogP contribution is 2.64. The van der Waals surface area contributed by atoms with E-state index in [2.05, 4.69) is 19.1 Å². The van der Waals surface area contributed by atoms with Gasteiger partial charge in [-0.15, -0.1) is 0 Å². The molecule has 0 aromatic carbocycles. The zero-order valence-electron chi connectivity index (χ0n) is 10.4. The predicted molar refractivity (Wildman–Crippen MR) is 66.1 cm³/mol. The third kappa shape index (κ3) is 3.02. The Morgan fingerprint density at radius 3 is 2.18 bits per heavy atom. The van der Waals surface area contributed by atoms with Gasteiger partial charge in [-0.25, -0.2) is 4.79 Å². The van der Waals surface area contributed by atoms with E-state index in [4.69, 9.17) is 15.0 Å². The van der Waals surface area contributed by atoms with E-state index in [0.29, 0.717) is 0 Å². The van der Waals surface area contributed by atoms with Crippen LogP contribution >= 0.6 is 0 Å². The highest BCUT2D eigenvalue weighted by atomic mass is 16.6. The Morgan fingerprint density at radius 2 is 1.71 bits per heavy atom. The molecule has 0 heterocycles. The molecule has 17 heavy (non-hydrogen) atoms. The van der Waals surface area contributed by atoms with Crippen molar-refractivity contribution in [3.63, 3.8) is 0 Å². The monoisotopic (exact) mass is 238 g/mol. The van der Waals surface area contributed by atoms with Crippen LogP contribution in [0.3, 0.4) is 0 Å². The molecule has 3 nitrogen and oxygen atoms in total.